The van der Waals surface area contributed by atoms with Crippen molar-refractivity contribution in [3.05, 3.63) is 29.3 Å². The highest BCUT2D eigenvalue weighted by Gasteiger charge is 2.43. The molecule has 0 spiro atoms. The van der Waals surface area contributed by atoms with Crippen molar-refractivity contribution in [2.45, 2.75) is 25.8 Å². The van der Waals surface area contributed by atoms with Gasteiger partial charge in [-0.1, -0.05) is 25.1 Å². The second-order valence-corrected chi connectivity index (χ2v) is 6.21. The minimum absolute atomic E-state index is 0.0422. The van der Waals surface area contributed by atoms with Crippen molar-refractivity contribution in [3.63, 3.8) is 0 Å². The molecule has 0 saturated carbocycles. The van der Waals surface area contributed by atoms with Gasteiger partial charge in [0.2, 0.25) is 0 Å². The van der Waals surface area contributed by atoms with Gasteiger partial charge in [0.1, 0.15) is 5.75 Å². The molecular formula is C17H27N3O. The minimum atomic E-state index is -0.0422. The van der Waals surface area contributed by atoms with E-state index in [1.165, 1.54) is 11.1 Å². The molecule has 1 aromatic rings. The average molecular weight is 289 g/mol. The van der Waals surface area contributed by atoms with Gasteiger partial charge in [0.25, 0.3) is 0 Å². The Balaban J connectivity index is 1.94. The van der Waals surface area contributed by atoms with Crippen molar-refractivity contribution in [2.75, 3.05) is 45.9 Å². The summed E-state index contributed by atoms with van der Waals surface area (Å²) < 4.78 is 5.95. The molecule has 1 aromatic carbocycles. The van der Waals surface area contributed by atoms with Crippen molar-refractivity contribution >= 4 is 0 Å². The molecule has 0 amide bonds. The second-order valence-electron chi connectivity index (χ2n) is 6.21. The van der Waals surface area contributed by atoms with E-state index in [9.17, 15) is 0 Å². The number of aryl methyl sites for hydroxylation is 1. The Morgan fingerprint density at radius 1 is 1.24 bits per heavy atom. The van der Waals surface area contributed by atoms with Crippen LogP contribution in [0.4, 0.5) is 0 Å². The first-order valence-corrected chi connectivity index (χ1v) is 8.11. The molecule has 2 aliphatic heterocycles. The predicted molar refractivity (Wildman–Crippen MR) is 85.7 cm³/mol. The molecule has 2 N–H and O–H groups in total. The van der Waals surface area contributed by atoms with Crippen molar-refractivity contribution in [3.8, 4) is 5.75 Å². The molecule has 3 rings (SSSR count). The summed E-state index contributed by atoms with van der Waals surface area (Å²) in [6.07, 6.45) is 0.992. The fourth-order valence-electron chi connectivity index (χ4n) is 3.83. The van der Waals surface area contributed by atoms with Crippen LogP contribution in [-0.2, 0) is 5.54 Å². The molecule has 1 atom stereocenters. The topological polar surface area (TPSA) is 41.7 Å². The summed E-state index contributed by atoms with van der Waals surface area (Å²) in [5, 5.41) is 0. The molecule has 0 aromatic heterocycles. The number of hydrogen-bond donors (Lipinski definition) is 1. The van der Waals surface area contributed by atoms with Crippen LogP contribution in [0.2, 0.25) is 0 Å². The summed E-state index contributed by atoms with van der Waals surface area (Å²) in [7, 11) is 0. The van der Waals surface area contributed by atoms with E-state index in [-0.39, 0.29) is 5.54 Å². The molecule has 0 radical (unpaired) electrons. The van der Waals surface area contributed by atoms with Crippen LogP contribution in [0.1, 0.15) is 24.5 Å². The largest absolute Gasteiger partial charge is 0.493 e. The lowest BCUT2D eigenvalue weighted by atomic mass is 9.81. The third kappa shape index (κ3) is 2.45. The predicted octanol–water partition coefficient (Wildman–Crippen LogP) is 1.57. The van der Waals surface area contributed by atoms with Crippen LogP contribution in [0.15, 0.2) is 18.2 Å². The average Bonchev–Trinajstić information content (AvgIpc) is 2.55. The zero-order valence-electron chi connectivity index (χ0n) is 13.3. The second kappa shape index (κ2) is 5.95. The molecular weight excluding hydrogens is 262 g/mol. The van der Waals surface area contributed by atoms with E-state index in [4.69, 9.17) is 10.5 Å². The van der Waals surface area contributed by atoms with E-state index in [0.717, 1.165) is 51.5 Å². The minimum Gasteiger partial charge on any atom is -0.493 e. The maximum absolute atomic E-state index is 6.29. The van der Waals surface area contributed by atoms with Gasteiger partial charge in [-0.05, 0) is 19.0 Å². The summed E-state index contributed by atoms with van der Waals surface area (Å²) in [6.45, 7) is 11.4. The van der Waals surface area contributed by atoms with E-state index in [2.05, 4.69) is 41.8 Å². The Morgan fingerprint density at radius 2 is 2.00 bits per heavy atom. The maximum atomic E-state index is 6.29. The van der Waals surface area contributed by atoms with Crippen LogP contribution in [0, 0.1) is 6.92 Å². The Kier molecular flexibility index (Phi) is 4.20. The van der Waals surface area contributed by atoms with Gasteiger partial charge in [0, 0.05) is 44.7 Å². The highest BCUT2D eigenvalue weighted by atomic mass is 16.5. The third-order valence-corrected chi connectivity index (χ3v) is 5.24. The SMILES string of the molecule is CCN1CCN(C2(CN)CCOc3c(C)cccc32)CC1. The first kappa shape index (κ1) is 14.8. The van der Waals surface area contributed by atoms with Gasteiger partial charge >= 0.3 is 0 Å². The maximum Gasteiger partial charge on any atom is 0.127 e. The van der Waals surface area contributed by atoms with Gasteiger partial charge in [0.05, 0.1) is 12.1 Å². The van der Waals surface area contributed by atoms with Crippen LogP contribution >= 0.6 is 0 Å². The van der Waals surface area contributed by atoms with E-state index < -0.39 is 0 Å². The highest BCUT2D eigenvalue weighted by Crippen LogP contribution is 2.42. The van der Waals surface area contributed by atoms with Crippen LogP contribution in [0.5, 0.6) is 5.75 Å². The van der Waals surface area contributed by atoms with Crippen LogP contribution < -0.4 is 10.5 Å². The first-order chi connectivity index (χ1) is 10.2. The number of fused-ring (bicyclic) bond motifs is 1. The van der Waals surface area contributed by atoms with E-state index >= 15 is 0 Å². The van der Waals surface area contributed by atoms with Crippen LogP contribution in [0.3, 0.4) is 0 Å². The number of para-hydroxylation sites is 1. The Labute approximate surface area is 127 Å². The summed E-state index contributed by atoms with van der Waals surface area (Å²) in [6, 6.07) is 6.47. The Morgan fingerprint density at radius 3 is 2.67 bits per heavy atom. The number of rotatable bonds is 3. The number of piperazine rings is 1. The molecule has 0 aliphatic carbocycles. The molecule has 1 unspecified atom stereocenters. The molecule has 1 fully saturated rings. The Bertz CT molecular complexity index is 497. The molecule has 1 saturated heterocycles. The number of ether oxygens (including phenoxy) is 1. The van der Waals surface area contributed by atoms with Gasteiger partial charge in [-0.3, -0.25) is 4.90 Å². The monoisotopic (exact) mass is 289 g/mol. The molecule has 2 aliphatic rings. The summed E-state index contributed by atoms with van der Waals surface area (Å²) >= 11 is 0. The molecule has 116 valence electrons. The number of nitrogens with two attached hydrogens (primary N) is 1. The van der Waals surface area contributed by atoms with Gasteiger partial charge in [-0.15, -0.1) is 0 Å². The third-order valence-electron chi connectivity index (χ3n) is 5.24. The zero-order valence-corrected chi connectivity index (χ0v) is 13.3. The number of hydrogen-bond acceptors (Lipinski definition) is 4. The molecule has 2 heterocycles. The smallest absolute Gasteiger partial charge is 0.127 e. The Hall–Kier alpha value is -1.10. The number of likely N-dealkylation sites (N-methyl/N-ethyl adjacent to an activating group) is 1. The van der Waals surface area contributed by atoms with Gasteiger partial charge < -0.3 is 15.4 Å². The van der Waals surface area contributed by atoms with Crippen molar-refractivity contribution in [1.29, 1.82) is 0 Å². The summed E-state index contributed by atoms with van der Waals surface area (Å²) in [5.41, 5.74) is 8.76. The van der Waals surface area contributed by atoms with Gasteiger partial charge in [0.15, 0.2) is 0 Å². The first-order valence-electron chi connectivity index (χ1n) is 8.11. The standard InChI is InChI=1S/C17H27N3O/c1-3-19-8-10-20(11-9-19)17(13-18)7-12-21-16-14(2)5-4-6-15(16)17/h4-6H,3,7-13,18H2,1-2H3. The van der Waals surface area contributed by atoms with E-state index in [0.29, 0.717) is 6.54 Å². The van der Waals surface area contributed by atoms with E-state index in [1.807, 2.05) is 0 Å². The molecule has 0 bridgehead atoms. The lowest BCUT2D eigenvalue weighted by Gasteiger charge is -2.50. The fraction of sp³-hybridized carbons (Fsp3) is 0.647. The fourth-order valence-corrected chi connectivity index (χ4v) is 3.83. The number of benzene rings is 1. The van der Waals surface area contributed by atoms with Gasteiger partial charge in [-0.25, -0.2) is 0 Å². The zero-order chi connectivity index (χ0) is 14.9. The lowest BCUT2D eigenvalue weighted by molar-refractivity contribution is 0.00903. The van der Waals surface area contributed by atoms with E-state index in [1.54, 1.807) is 0 Å². The number of nitrogens with zero attached hydrogens (tertiary/aromatic N) is 2. The normalized spacial score (nSPS) is 27.2. The van der Waals surface area contributed by atoms with Gasteiger partial charge in [-0.2, -0.15) is 0 Å². The van der Waals surface area contributed by atoms with Crippen molar-refractivity contribution in [1.82, 2.24) is 9.80 Å². The van der Waals surface area contributed by atoms with Crippen molar-refractivity contribution in [2.24, 2.45) is 5.73 Å². The van der Waals surface area contributed by atoms with Crippen LogP contribution in [0.25, 0.3) is 0 Å². The quantitative estimate of drug-likeness (QED) is 0.917. The lowest BCUT2D eigenvalue weighted by Crippen LogP contribution is -2.59. The summed E-state index contributed by atoms with van der Waals surface area (Å²) in [4.78, 5) is 5.11. The molecule has 4 nitrogen and oxygen atoms in total. The van der Waals surface area contributed by atoms with Crippen molar-refractivity contribution < 1.29 is 4.74 Å². The summed E-state index contributed by atoms with van der Waals surface area (Å²) in [5.74, 6) is 1.06. The molecule has 4 heteroatoms. The molecule has 21 heavy (non-hydrogen) atoms. The highest BCUT2D eigenvalue weighted by molar-refractivity contribution is 5.46. The van der Waals surface area contributed by atoms with Crippen LogP contribution in [-0.4, -0.2) is 55.7 Å².